The predicted molar refractivity (Wildman–Crippen MR) is 86.9 cm³/mol. The maximum absolute atomic E-state index is 12.6. The molecule has 3 rings (SSSR count). The first-order chi connectivity index (χ1) is 11.6. The number of carbonyl (C=O) groups is 1. The molecule has 0 aromatic carbocycles. The van der Waals surface area contributed by atoms with Crippen LogP contribution in [0.25, 0.3) is 0 Å². The maximum atomic E-state index is 12.6. The lowest BCUT2D eigenvalue weighted by Gasteiger charge is -2.32. The summed E-state index contributed by atoms with van der Waals surface area (Å²) in [5.41, 5.74) is 2.27. The Balaban J connectivity index is 1.60. The molecule has 8 heteroatoms. The molecule has 0 saturated carbocycles. The number of aromatic nitrogens is 2. The van der Waals surface area contributed by atoms with Gasteiger partial charge in [0.05, 0.1) is 38.6 Å². The van der Waals surface area contributed by atoms with Gasteiger partial charge in [-0.3, -0.25) is 9.89 Å². The fourth-order valence-electron chi connectivity index (χ4n) is 2.98. The van der Waals surface area contributed by atoms with E-state index in [1.807, 2.05) is 14.1 Å². The number of carbonyl (C=O) groups excluding carboxylic acids is 1. The summed E-state index contributed by atoms with van der Waals surface area (Å²) in [6, 6.07) is -0.162. The van der Waals surface area contributed by atoms with Gasteiger partial charge in [-0.25, -0.2) is 0 Å². The van der Waals surface area contributed by atoms with Gasteiger partial charge in [-0.2, -0.15) is 5.10 Å². The van der Waals surface area contributed by atoms with Crippen molar-refractivity contribution in [1.29, 1.82) is 0 Å². The highest BCUT2D eigenvalue weighted by molar-refractivity contribution is 5.94. The Morgan fingerprint density at radius 3 is 3.12 bits per heavy atom. The van der Waals surface area contributed by atoms with Crippen LogP contribution in [0.2, 0.25) is 0 Å². The first-order valence-electron chi connectivity index (χ1n) is 8.44. The predicted octanol–water partition coefficient (Wildman–Crippen LogP) is -0.0521. The first kappa shape index (κ1) is 17.3. The van der Waals surface area contributed by atoms with Crippen LogP contribution in [0.4, 0.5) is 0 Å². The zero-order chi connectivity index (χ0) is 16.9. The van der Waals surface area contributed by atoms with Gasteiger partial charge < -0.3 is 24.4 Å². The van der Waals surface area contributed by atoms with Gasteiger partial charge in [0.15, 0.2) is 5.69 Å². The number of H-pyrrole nitrogens is 1. The molecule has 24 heavy (non-hydrogen) atoms. The van der Waals surface area contributed by atoms with E-state index in [1.165, 1.54) is 0 Å². The summed E-state index contributed by atoms with van der Waals surface area (Å²) < 4.78 is 16.9. The second kappa shape index (κ2) is 8.06. The number of nitrogens with zero attached hydrogens (tertiary/aromatic N) is 2. The zero-order valence-electron chi connectivity index (χ0n) is 14.3. The molecule has 0 spiro atoms. The third-order valence-corrected chi connectivity index (χ3v) is 4.39. The van der Waals surface area contributed by atoms with E-state index in [9.17, 15) is 4.79 Å². The normalized spacial score (nSPS) is 24.0. The van der Waals surface area contributed by atoms with Crippen molar-refractivity contribution in [2.75, 3.05) is 47.1 Å². The second-order valence-corrected chi connectivity index (χ2v) is 6.49. The van der Waals surface area contributed by atoms with E-state index < -0.39 is 0 Å². The Hall–Kier alpha value is -1.48. The zero-order valence-corrected chi connectivity index (χ0v) is 14.3. The molecule has 0 bridgehead atoms. The Morgan fingerprint density at radius 1 is 1.42 bits per heavy atom. The summed E-state index contributed by atoms with van der Waals surface area (Å²) in [4.78, 5) is 14.7. The average Bonchev–Trinajstić information content (AvgIpc) is 3.00. The molecule has 134 valence electrons. The molecule has 1 fully saturated rings. The molecule has 0 radical (unpaired) electrons. The van der Waals surface area contributed by atoms with Crippen molar-refractivity contribution >= 4 is 5.91 Å². The minimum atomic E-state index is -0.199. The van der Waals surface area contributed by atoms with Crippen molar-refractivity contribution in [2.24, 2.45) is 0 Å². The molecule has 2 N–H and O–H groups in total. The fraction of sp³-hybridized carbons (Fsp3) is 0.750. The van der Waals surface area contributed by atoms with Crippen molar-refractivity contribution in [3.63, 3.8) is 0 Å². The first-order valence-corrected chi connectivity index (χ1v) is 8.44. The van der Waals surface area contributed by atoms with Gasteiger partial charge in [0.1, 0.15) is 0 Å². The molecule has 1 amide bonds. The highest BCUT2D eigenvalue weighted by atomic mass is 16.5. The van der Waals surface area contributed by atoms with E-state index in [0.29, 0.717) is 38.7 Å². The molecule has 2 atom stereocenters. The lowest BCUT2D eigenvalue weighted by atomic mass is 10.1. The summed E-state index contributed by atoms with van der Waals surface area (Å²) in [6.07, 6.45) is 1.51. The topological polar surface area (TPSA) is 88.7 Å². The van der Waals surface area contributed by atoms with Gasteiger partial charge in [-0.1, -0.05) is 0 Å². The minimum Gasteiger partial charge on any atom is -0.379 e. The number of likely N-dealkylation sites (N-methyl/N-ethyl adjacent to an activating group) is 1. The van der Waals surface area contributed by atoms with Crippen LogP contribution in [0.5, 0.6) is 0 Å². The molecule has 3 heterocycles. The van der Waals surface area contributed by atoms with Gasteiger partial charge in [-0.05, 0) is 20.5 Å². The smallest absolute Gasteiger partial charge is 0.272 e. The largest absolute Gasteiger partial charge is 0.379 e. The highest BCUT2D eigenvalue weighted by Crippen LogP contribution is 2.19. The second-order valence-electron chi connectivity index (χ2n) is 6.49. The van der Waals surface area contributed by atoms with Crippen LogP contribution in [0.15, 0.2) is 0 Å². The van der Waals surface area contributed by atoms with E-state index in [4.69, 9.17) is 14.2 Å². The number of amides is 1. The summed E-state index contributed by atoms with van der Waals surface area (Å²) >= 11 is 0. The number of ether oxygens (including phenoxy) is 3. The van der Waals surface area contributed by atoms with Crippen molar-refractivity contribution in [1.82, 2.24) is 20.4 Å². The highest BCUT2D eigenvalue weighted by Gasteiger charge is 2.30. The lowest BCUT2D eigenvalue weighted by molar-refractivity contribution is -0.0562. The quantitative estimate of drug-likeness (QED) is 0.756. The van der Waals surface area contributed by atoms with E-state index in [1.54, 1.807) is 0 Å². The van der Waals surface area contributed by atoms with Crippen molar-refractivity contribution in [2.45, 2.75) is 31.6 Å². The molecular weight excluding hydrogens is 312 g/mol. The summed E-state index contributed by atoms with van der Waals surface area (Å²) in [5, 5.41) is 10.1. The molecule has 1 saturated heterocycles. The molecule has 2 aliphatic rings. The lowest BCUT2D eigenvalue weighted by Crippen LogP contribution is -2.51. The summed E-state index contributed by atoms with van der Waals surface area (Å²) in [6.45, 7) is 3.69. The van der Waals surface area contributed by atoms with Crippen LogP contribution in [0.3, 0.4) is 0 Å². The number of rotatable bonds is 6. The molecule has 1 aromatic rings. The Kier molecular flexibility index (Phi) is 5.83. The van der Waals surface area contributed by atoms with Crippen LogP contribution < -0.4 is 5.32 Å². The Bertz CT molecular complexity index is 560. The Labute approximate surface area is 141 Å². The SMILES string of the molecule is CN(C)CCO[C@H]1CCOC[C@H]1NC(=O)c1n[nH]c2c1COCC2. The van der Waals surface area contributed by atoms with Gasteiger partial charge >= 0.3 is 0 Å². The number of aromatic amines is 1. The molecule has 2 aliphatic heterocycles. The van der Waals surface area contributed by atoms with Crippen LogP contribution in [-0.4, -0.2) is 80.2 Å². The van der Waals surface area contributed by atoms with Crippen molar-refractivity contribution in [3.8, 4) is 0 Å². The van der Waals surface area contributed by atoms with Crippen LogP contribution in [-0.2, 0) is 27.2 Å². The fourth-order valence-corrected chi connectivity index (χ4v) is 2.98. The minimum absolute atomic E-state index is 0.0336. The van der Waals surface area contributed by atoms with Crippen molar-refractivity contribution < 1.29 is 19.0 Å². The van der Waals surface area contributed by atoms with E-state index >= 15 is 0 Å². The third-order valence-electron chi connectivity index (χ3n) is 4.39. The molecule has 8 nitrogen and oxygen atoms in total. The number of nitrogens with one attached hydrogen (secondary N) is 2. The molecule has 1 aromatic heterocycles. The van der Waals surface area contributed by atoms with E-state index in [2.05, 4.69) is 20.4 Å². The van der Waals surface area contributed by atoms with Crippen LogP contribution in [0, 0.1) is 0 Å². The number of hydrogen-bond acceptors (Lipinski definition) is 6. The average molecular weight is 338 g/mol. The number of fused-ring (bicyclic) bond motifs is 1. The summed E-state index contributed by atoms with van der Waals surface area (Å²) in [5.74, 6) is -0.199. The molecular formula is C16H26N4O4. The van der Waals surface area contributed by atoms with Gasteiger partial charge in [0.25, 0.3) is 5.91 Å². The number of hydrogen-bond donors (Lipinski definition) is 2. The van der Waals surface area contributed by atoms with Gasteiger partial charge in [0.2, 0.25) is 0 Å². The van der Waals surface area contributed by atoms with Crippen LogP contribution >= 0.6 is 0 Å². The van der Waals surface area contributed by atoms with E-state index in [0.717, 1.165) is 30.6 Å². The van der Waals surface area contributed by atoms with Gasteiger partial charge in [-0.15, -0.1) is 0 Å². The van der Waals surface area contributed by atoms with Crippen LogP contribution in [0.1, 0.15) is 28.2 Å². The third kappa shape index (κ3) is 4.13. The Morgan fingerprint density at radius 2 is 2.29 bits per heavy atom. The molecule has 0 unspecified atom stereocenters. The maximum Gasteiger partial charge on any atom is 0.272 e. The standard InChI is InChI=1S/C16H26N4O4/c1-20(2)5-8-24-14-4-7-23-10-13(14)17-16(21)15-11-9-22-6-3-12(11)18-19-15/h13-14H,3-10H2,1-2H3,(H,17,21)(H,18,19)/t13-,14+/m1/s1. The van der Waals surface area contributed by atoms with Gasteiger partial charge in [0, 0.05) is 30.8 Å². The van der Waals surface area contributed by atoms with Crippen molar-refractivity contribution in [3.05, 3.63) is 17.0 Å². The monoisotopic (exact) mass is 338 g/mol. The van der Waals surface area contributed by atoms with E-state index in [-0.39, 0.29) is 18.1 Å². The summed E-state index contributed by atoms with van der Waals surface area (Å²) in [7, 11) is 4.02. The molecule has 0 aliphatic carbocycles.